The number of anilines is 1. The highest BCUT2D eigenvalue weighted by molar-refractivity contribution is 8.13. The highest BCUT2D eigenvalue weighted by Gasteiger charge is 2.48. The van der Waals surface area contributed by atoms with Crippen LogP contribution in [0.3, 0.4) is 0 Å². The summed E-state index contributed by atoms with van der Waals surface area (Å²) in [6, 6.07) is 4.26. The second kappa shape index (κ2) is 9.56. The van der Waals surface area contributed by atoms with Crippen molar-refractivity contribution in [1.82, 2.24) is 9.97 Å². The number of nitrogens with one attached hydrogen (secondary N) is 1. The number of amidine groups is 1. The van der Waals surface area contributed by atoms with Crippen LogP contribution in [-0.4, -0.2) is 46.6 Å². The summed E-state index contributed by atoms with van der Waals surface area (Å²) in [5.74, 6) is -0.780. The third kappa shape index (κ3) is 4.91. The molecule has 2 aromatic rings. The van der Waals surface area contributed by atoms with Gasteiger partial charge in [-0.2, -0.15) is 8.78 Å². The summed E-state index contributed by atoms with van der Waals surface area (Å²) in [5, 5.41) is 3.04. The molecule has 1 aliphatic heterocycles. The van der Waals surface area contributed by atoms with E-state index in [0.29, 0.717) is 35.0 Å². The molecule has 0 saturated heterocycles. The van der Waals surface area contributed by atoms with Gasteiger partial charge in [0.15, 0.2) is 5.17 Å². The van der Waals surface area contributed by atoms with E-state index in [1.165, 1.54) is 23.9 Å². The Hall–Kier alpha value is -2.86. The Morgan fingerprint density at radius 3 is 2.85 bits per heavy atom. The standard InChI is InChI=1S/C21H22F3N5O3S/c1-31-13-4-5-21(11(6-13)10-33-20(25)29-21)14-7-12(2-3-15(14)22)28-18(30)16-8-27-17(9-26-16)32-19(23)24/h2-3,7-9,11,13,19H,4-6,10H2,1H3,(H2,25,29)(H,28,30). The van der Waals surface area contributed by atoms with Crippen molar-refractivity contribution in [2.24, 2.45) is 16.6 Å². The Morgan fingerprint density at radius 2 is 2.15 bits per heavy atom. The monoisotopic (exact) mass is 481 g/mol. The molecule has 176 valence electrons. The number of nitrogens with zero attached hydrogens (tertiary/aromatic N) is 3. The summed E-state index contributed by atoms with van der Waals surface area (Å²) in [5.41, 5.74) is 5.77. The fraction of sp³-hybridized carbons (Fsp3) is 0.429. The van der Waals surface area contributed by atoms with Crippen LogP contribution in [0.5, 0.6) is 5.88 Å². The Morgan fingerprint density at radius 1 is 1.33 bits per heavy atom. The van der Waals surface area contributed by atoms with Crippen molar-refractivity contribution in [3.05, 3.63) is 47.7 Å². The molecule has 4 rings (SSSR count). The zero-order valence-corrected chi connectivity index (χ0v) is 18.4. The molecule has 3 atom stereocenters. The molecule has 3 N–H and O–H groups in total. The topological polar surface area (TPSA) is 112 Å². The fourth-order valence-electron chi connectivity index (χ4n) is 4.33. The summed E-state index contributed by atoms with van der Waals surface area (Å²) in [6.45, 7) is -3.05. The molecule has 2 heterocycles. The predicted octanol–water partition coefficient (Wildman–Crippen LogP) is 3.54. The van der Waals surface area contributed by atoms with Crippen LogP contribution in [0.2, 0.25) is 0 Å². The largest absolute Gasteiger partial charge is 0.415 e. The van der Waals surface area contributed by atoms with E-state index >= 15 is 4.39 Å². The van der Waals surface area contributed by atoms with Gasteiger partial charge in [0, 0.05) is 30.0 Å². The zero-order valence-electron chi connectivity index (χ0n) is 17.6. The van der Waals surface area contributed by atoms with Gasteiger partial charge in [-0.3, -0.25) is 9.79 Å². The maximum absolute atomic E-state index is 15.1. The van der Waals surface area contributed by atoms with E-state index in [4.69, 9.17) is 15.5 Å². The number of hydrogen-bond acceptors (Lipinski definition) is 8. The molecule has 8 nitrogen and oxygen atoms in total. The van der Waals surface area contributed by atoms with Crippen LogP contribution in [0, 0.1) is 11.7 Å². The van der Waals surface area contributed by atoms with Gasteiger partial charge >= 0.3 is 6.61 Å². The summed E-state index contributed by atoms with van der Waals surface area (Å²) in [4.78, 5) is 24.7. The first-order valence-electron chi connectivity index (χ1n) is 10.2. The Labute approximate surface area is 192 Å². The van der Waals surface area contributed by atoms with E-state index in [1.54, 1.807) is 13.2 Å². The Balaban J connectivity index is 1.60. The number of halogens is 3. The molecule has 33 heavy (non-hydrogen) atoms. The van der Waals surface area contributed by atoms with Crippen LogP contribution in [0.25, 0.3) is 0 Å². The molecule has 1 saturated carbocycles. The average molecular weight is 482 g/mol. The van der Waals surface area contributed by atoms with Crippen molar-refractivity contribution >= 4 is 28.5 Å². The first-order chi connectivity index (χ1) is 15.8. The molecule has 2 aliphatic rings. The van der Waals surface area contributed by atoms with Crippen molar-refractivity contribution in [1.29, 1.82) is 0 Å². The second-order valence-electron chi connectivity index (χ2n) is 7.78. The highest BCUT2D eigenvalue weighted by atomic mass is 32.2. The molecule has 0 bridgehead atoms. The molecular weight excluding hydrogens is 459 g/mol. The van der Waals surface area contributed by atoms with Crippen LogP contribution in [-0.2, 0) is 10.3 Å². The number of carbonyl (C=O) groups is 1. The van der Waals surface area contributed by atoms with Gasteiger partial charge in [0.25, 0.3) is 5.91 Å². The minimum absolute atomic E-state index is 0.0159. The number of amides is 1. The number of alkyl halides is 2. The summed E-state index contributed by atoms with van der Waals surface area (Å²) >= 11 is 1.44. The Kier molecular flexibility index (Phi) is 6.75. The van der Waals surface area contributed by atoms with Gasteiger partial charge in [0.2, 0.25) is 5.88 Å². The van der Waals surface area contributed by atoms with E-state index in [9.17, 15) is 13.6 Å². The molecule has 12 heteroatoms. The lowest BCUT2D eigenvalue weighted by Crippen LogP contribution is -2.46. The number of rotatable bonds is 6. The third-order valence-electron chi connectivity index (χ3n) is 5.91. The predicted molar refractivity (Wildman–Crippen MR) is 117 cm³/mol. The van der Waals surface area contributed by atoms with E-state index in [-0.39, 0.29) is 17.7 Å². The van der Waals surface area contributed by atoms with Gasteiger partial charge in [-0.15, -0.1) is 0 Å². The van der Waals surface area contributed by atoms with Crippen LogP contribution in [0.4, 0.5) is 18.9 Å². The maximum atomic E-state index is 15.1. The molecule has 1 aromatic heterocycles. The number of carbonyl (C=O) groups excluding carboxylic acids is 1. The number of fused-ring (bicyclic) bond motifs is 1. The Bertz CT molecular complexity index is 1060. The minimum Gasteiger partial charge on any atom is -0.415 e. The first kappa shape index (κ1) is 23.3. The maximum Gasteiger partial charge on any atom is 0.388 e. The van der Waals surface area contributed by atoms with Gasteiger partial charge < -0.3 is 20.5 Å². The van der Waals surface area contributed by atoms with Gasteiger partial charge in [-0.1, -0.05) is 11.8 Å². The molecule has 0 radical (unpaired) electrons. The van der Waals surface area contributed by atoms with E-state index in [2.05, 4.69) is 20.0 Å². The molecule has 1 fully saturated rings. The van der Waals surface area contributed by atoms with Crippen LogP contribution in [0.1, 0.15) is 35.3 Å². The summed E-state index contributed by atoms with van der Waals surface area (Å²) in [7, 11) is 1.66. The molecule has 1 amide bonds. The average Bonchev–Trinajstić information content (AvgIpc) is 2.79. The molecule has 1 aromatic carbocycles. The number of thioether (sulfide) groups is 1. The number of nitrogens with two attached hydrogens (primary N) is 1. The van der Waals surface area contributed by atoms with Gasteiger partial charge in [-0.25, -0.2) is 14.4 Å². The number of aliphatic imine (C=N–C) groups is 1. The zero-order chi connectivity index (χ0) is 23.6. The van der Waals surface area contributed by atoms with Crippen molar-refractivity contribution in [2.45, 2.75) is 37.5 Å². The second-order valence-corrected chi connectivity index (χ2v) is 8.82. The van der Waals surface area contributed by atoms with Crippen LogP contribution >= 0.6 is 11.8 Å². The third-order valence-corrected chi connectivity index (χ3v) is 6.86. The fourth-order valence-corrected chi connectivity index (χ4v) is 5.34. The van der Waals surface area contributed by atoms with Gasteiger partial charge in [-0.05, 0) is 37.5 Å². The smallest absolute Gasteiger partial charge is 0.388 e. The quantitative estimate of drug-likeness (QED) is 0.649. The van der Waals surface area contributed by atoms with Crippen LogP contribution in [0.15, 0.2) is 35.6 Å². The van der Waals surface area contributed by atoms with Crippen LogP contribution < -0.4 is 15.8 Å². The number of hydrogen-bond donors (Lipinski definition) is 2. The van der Waals surface area contributed by atoms with Crippen molar-refractivity contribution in [2.75, 3.05) is 18.2 Å². The van der Waals surface area contributed by atoms with Crippen molar-refractivity contribution < 1.29 is 27.4 Å². The highest BCUT2D eigenvalue weighted by Crippen LogP contribution is 2.50. The van der Waals surface area contributed by atoms with Crippen molar-refractivity contribution in [3.8, 4) is 5.88 Å². The SMILES string of the molecule is COC1CCC2(c3cc(NC(=O)c4cnc(OC(F)F)cn4)ccc3F)N=C(N)SCC2C1. The van der Waals surface area contributed by atoms with Gasteiger partial charge in [0.05, 0.1) is 24.0 Å². The molecule has 0 spiro atoms. The van der Waals surface area contributed by atoms with E-state index < -0.39 is 29.8 Å². The van der Waals surface area contributed by atoms with E-state index in [1.807, 2.05) is 0 Å². The summed E-state index contributed by atoms with van der Waals surface area (Å²) < 4.78 is 49.2. The number of aromatic nitrogens is 2. The first-order valence-corrected chi connectivity index (χ1v) is 11.2. The van der Waals surface area contributed by atoms with Crippen molar-refractivity contribution in [3.63, 3.8) is 0 Å². The number of methoxy groups -OCH3 is 1. The lowest BCUT2D eigenvalue weighted by Gasteiger charge is -2.46. The van der Waals surface area contributed by atoms with E-state index in [0.717, 1.165) is 18.8 Å². The molecular formula is C21H22F3N5O3S. The van der Waals surface area contributed by atoms with Gasteiger partial charge in [0.1, 0.15) is 11.5 Å². The molecule has 3 unspecified atom stereocenters. The lowest BCUT2D eigenvalue weighted by molar-refractivity contribution is -0.0531. The molecule has 1 aliphatic carbocycles. The minimum atomic E-state index is -3.05. The summed E-state index contributed by atoms with van der Waals surface area (Å²) in [6.07, 6.45) is 3.99. The number of benzene rings is 1. The normalized spacial score (nSPS) is 24.7. The lowest BCUT2D eigenvalue weighted by atomic mass is 9.68. The number of ether oxygens (including phenoxy) is 2.